The van der Waals surface area contributed by atoms with Crippen LogP contribution in [0.15, 0.2) is 24.3 Å². The molecule has 12 heteroatoms. The van der Waals surface area contributed by atoms with Crippen LogP contribution in [0.5, 0.6) is 17.6 Å². The van der Waals surface area contributed by atoms with E-state index in [1.165, 1.54) is 31.4 Å². The van der Waals surface area contributed by atoms with E-state index in [0.29, 0.717) is 67.6 Å². The minimum Gasteiger partial charge on any atom is -0.508 e. The van der Waals surface area contributed by atoms with Crippen molar-refractivity contribution in [3.8, 4) is 41.2 Å². The molecule has 0 spiro atoms. The van der Waals surface area contributed by atoms with Crippen LogP contribution in [0.2, 0.25) is 0 Å². The maximum Gasteiger partial charge on any atom is 0.319 e. The standard InChI is InChI=1S/C40H45F2N5O5/c1-4-28-30(41)10-9-25-20-26(48)21-29(32(25)28)35-34(42)36-33(38(43-35)50-3)37(46-14-7-16-51-17-15-46)45-39(44-36)52-23-40-11-5-8-31(40)47(13-6-12-40)22-24-18-27(19-24)49-2/h1,9-10,20-21,24,27,31,48H,5-8,11-19,22-23H2,2-3H3. The molecule has 4 heterocycles. The van der Waals surface area contributed by atoms with Crippen molar-refractivity contribution in [1.82, 2.24) is 19.9 Å². The number of hydrogen-bond donors (Lipinski definition) is 1. The number of nitrogens with zero attached hydrogens (tertiary/aromatic N) is 5. The summed E-state index contributed by atoms with van der Waals surface area (Å²) in [6, 6.07) is 5.97. The first-order valence-electron chi connectivity index (χ1n) is 18.4. The molecule has 0 amide bonds. The van der Waals surface area contributed by atoms with Crippen molar-refractivity contribution in [2.45, 2.75) is 63.5 Å². The molecule has 2 aliphatic carbocycles. The molecule has 4 fully saturated rings. The van der Waals surface area contributed by atoms with E-state index in [9.17, 15) is 5.11 Å². The summed E-state index contributed by atoms with van der Waals surface area (Å²) in [6.45, 7) is 4.80. The number of fused-ring (bicyclic) bond motifs is 3. The summed E-state index contributed by atoms with van der Waals surface area (Å²) in [7, 11) is 3.25. The number of aromatic hydroxyl groups is 1. The maximum absolute atomic E-state index is 17.2. The molecule has 0 bridgehead atoms. The minimum atomic E-state index is -0.787. The Morgan fingerprint density at radius 3 is 2.67 bits per heavy atom. The van der Waals surface area contributed by atoms with Crippen molar-refractivity contribution in [2.75, 3.05) is 65.1 Å². The van der Waals surface area contributed by atoms with E-state index in [0.717, 1.165) is 64.5 Å². The van der Waals surface area contributed by atoms with Crippen LogP contribution in [0, 0.1) is 35.3 Å². The Hall–Kier alpha value is -4.31. The quantitative estimate of drug-likeness (QED) is 0.194. The van der Waals surface area contributed by atoms with E-state index in [-0.39, 0.29) is 50.8 Å². The zero-order chi connectivity index (χ0) is 36.0. The molecule has 2 aromatic heterocycles. The Bertz CT molecular complexity index is 2030. The van der Waals surface area contributed by atoms with Crippen molar-refractivity contribution in [3.05, 3.63) is 41.5 Å². The number of aromatic nitrogens is 3. The molecule has 1 N–H and O–H groups in total. The number of likely N-dealkylation sites (tertiary alicyclic amines) is 1. The van der Waals surface area contributed by atoms with E-state index < -0.39 is 11.6 Å². The topological polar surface area (TPSA) is 102 Å². The van der Waals surface area contributed by atoms with Gasteiger partial charge in [0.1, 0.15) is 34.0 Å². The summed E-state index contributed by atoms with van der Waals surface area (Å²) in [5.41, 5.74) is -0.235. The number of phenolic OH excluding ortho intramolecular Hbond substituents is 1. The molecular formula is C40H45F2N5O5. The Morgan fingerprint density at radius 1 is 1.02 bits per heavy atom. The van der Waals surface area contributed by atoms with Crippen LogP contribution < -0.4 is 14.4 Å². The lowest BCUT2D eigenvalue weighted by Crippen LogP contribution is -2.54. The first kappa shape index (κ1) is 34.8. The number of halogens is 2. The lowest BCUT2D eigenvalue weighted by Gasteiger charge is -2.48. The average Bonchev–Trinajstić information content (AvgIpc) is 3.39. The van der Waals surface area contributed by atoms with Crippen molar-refractivity contribution < 1.29 is 32.8 Å². The molecule has 2 atom stereocenters. The lowest BCUT2D eigenvalue weighted by atomic mass is 9.74. The maximum atomic E-state index is 17.2. The molecule has 2 saturated carbocycles. The molecule has 10 nitrogen and oxygen atoms in total. The summed E-state index contributed by atoms with van der Waals surface area (Å²) in [5, 5.41) is 11.7. The van der Waals surface area contributed by atoms with E-state index in [1.807, 2.05) is 4.90 Å². The van der Waals surface area contributed by atoms with Gasteiger partial charge in [-0.2, -0.15) is 9.97 Å². The molecule has 274 valence electrons. The highest BCUT2D eigenvalue weighted by molar-refractivity contribution is 6.04. The van der Waals surface area contributed by atoms with Crippen LogP contribution >= 0.6 is 0 Å². The van der Waals surface area contributed by atoms with Crippen LogP contribution in [0.25, 0.3) is 32.9 Å². The van der Waals surface area contributed by atoms with E-state index in [4.69, 9.17) is 35.3 Å². The Kier molecular flexibility index (Phi) is 9.53. The SMILES string of the molecule is C#Cc1c(F)ccc2cc(O)cc(-c3nc(OC)c4c(N5CCCOCC5)nc(OCC56CCCC5N(CC5CC(OC)C5)CCC6)nc4c3F)c12. The highest BCUT2D eigenvalue weighted by atomic mass is 19.1. The Morgan fingerprint density at radius 2 is 1.87 bits per heavy atom. The van der Waals surface area contributed by atoms with Crippen LogP contribution in [0.4, 0.5) is 14.6 Å². The average molecular weight is 714 g/mol. The van der Waals surface area contributed by atoms with Gasteiger partial charge in [-0.15, -0.1) is 6.42 Å². The third kappa shape index (κ3) is 6.16. The monoisotopic (exact) mass is 713 g/mol. The van der Waals surface area contributed by atoms with Gasteiger partial charge >= 0.3 is 6.01 Å². The van der Waals surface area contributed by atoms with E-state index in [2.05, 4.69) is 15.8 Å². The fraction of sp³-hybridized carbons (Fsp3) is 0.525. The summed E-state index contributed by atoms with van der Waals surface area (Å²) >= 11 is 0. The van der Waals surface area contributed by atoms with Crippen molar-refractivity contribution in [3.63, 3.8) is 0 Å². The summed E-state index contributed by atoms with van der Waals surface area (Å²) in [5.74, 6) is 2.00. The molecule has 2 unspecified atom stereocenters. The first-order chi connectivity index (χ1) is 25.3. The third-order valence-corrected chi connectivity index (χ3v) is 11.8. The first-order valence-corrected chi connectivity index (χ1v) is 18.4. The normalized spacial score (nSPS) is 25.1. The number of pyridine rings is 1. The molecule has 2 aromatic carbocycles. The fourth-order valence-electron chi connectivity index (χ4n) is 9.22. The fourth-order valence-corrected chi connectivity index (χ4v) is 9.22. The molecule has 0 radical (unpaired) electrons. The number of piperidine rings is 1. The van der Waals surface area contributed by atoms with Crippen LogP contribution in [-0.2, 0) is 9.47 Å². The smallest absolute Gasteiger partial charge is 0.319 e. The van der Waals surface area contributed by atoms with Gasteiger partial charge in [0.2, 0.25) is 5.88 Å². The van der Waals surface area contributed by atoms with Crippen molar-refractivity contribution in [2.24, 2.45) is 11.3 Å². The van der Waals surface area contributed by atoms with Crippen LogP contribution in [0.1, 0.15) is 56.9 Å². The number of ether oxygens (including phenoxy) is 4. The number of terminal acetylenes is 1. The van der Waals surface area contributed by atoms with Crippen molar-refractivity contribution in [1.29, 1.82) is 0 Å². The predicted molar refractivity (Wildman–Crippen MR) is 194 cm³/mol. The molecule has 2 aliphatic heterocycles. The number of rotatable bonds is 9. The van der Waals surface area contributed by atoms with E-state index in [1.54, 1.807) is 7.11 Å². The number of phenols is 1. The molecule has 2 saturated heterocycles. The predicted octanol–water partition coefficient (Wildman–Crippen LogP) is 6.48. The number of methoxy groups -OCH3 is 2. The second-order valence-electron chi connectivity index (χ2n) is 14.8. The van der Waals surface area contributed by atoms with E-state index >= 15 is 8.78 Å². The van der Waals surface area contributed by atoms with Gasteiger partial charge in [0.15, 0.2) is 5.82 Å². The summed E-state index contributed by atoms with van der Waals surface area (Å²) in [4.78, 5) is 19.0. The third-order valence-electron chi connectivity index (χ3n) is 11.8. The van der Waals surface area contributed by atoms with Gasteiger partial charge in [0, 0.05) is 55.8 Å². The van der Waals surface area contributed by atoms with Gasteiger partial charge in [-0.05, 0) is 81.0 Å². The number of benzene rings is 2. The molecule has 4 aromatic rings. The second kappa shape index (κ2) is 14.3. The van der Waals surface area contributed by atoms with Crippen LogP contribution in [-0.4, -0.2) is 97.3 Å². The highest BCUT2D eigenvalue weighted by Gasteiger charge is 2.49. The van der Waals surface area contributed by atoms with Crippen LogP contribution in [0.3, 0.4) is 0 Å². The van der Waals surface area contributed by atoms with Gasteiger partial charge in [0.25, 0.3) is 0 Å². The Labute approximate surface area is 302 Å². The van der Waals surface area contributed by atoms with Gasteiger partial charge in [-0.1, -0.05) is 18.4 Å². The molecule has 4 aliphatic rings. The molecule has 52 heavy (non-hydrogen) atoms. The summed E-state index contributed by atoms with van der Waals surface area (Å²) < 4.78 is 55.9. The zero-order valence-corrected chi connectivity index (χ0v) is 29.8. The highest BCUT2D eigenvalue weighted by Crippen LogP contribution is 2.49. The van der Waals surface area contributed by atoms with Gasteiger partial charge in [-0.25, -0.2) is 13.8 Å². The second-order valence-corrected chi connectivity index (χ2v) is 14.8. The zero-order valence-electron chi connectivity index (χ0n) is 29.8. The molecular weight excluding hydrogens is 668 g/mol. The molecule has 8 rings (SSSR count). The Balaban J connectivity index is 1.22. The summed E-state index contributed by atoms with van der Waals surface area (Å²) in [6.07, 6.45) is 14.6. The lowest BCUT2D eigenvalue weighted by molar-refractivity contribution is -0.0457. The number of anilines is 1. The number of hydrogen-bond acceptors (Lipinski definition) is 10. The van der Waals surface area contributed by atoms with Gasteiger partial charge in [-0.3, -0.25) is 4.90 Å². The van der Waals surface area contributed by atoms with Gasteiger partial charge < -0.3 is 29.0 Å². The largest absolute Gasteiger partial charge is 0.508 e. The van der Waals surface area contributed by atoms with Gasteiger partial charge in [0.05, 0.1) is 32.0 Å². The van der Waals surface area contributed by atoms with Crippen molar-refractivity contribution >= 4 is 27.5 Å². The minimum absolute atomic E-state index is 0.0482.